The second-order valence-corrected chi connectivity index (χ2v) is 6.76. The zero-order valence-electron chi connectivity index (χ0n) is 12.9. The number of nitrogens with zero attached hydrogens (tertiary/aromatic N) is 1. The number of ether oxygens (including phenoxy) is 1. The van der Waals surface area contributed by atoms with Crippen LogP contribution in [0.4, 0.5) is 0 Å². The molecule has 122 valence electrons. The molecule has 22 heavy (non-hydrogen) atoms. The summed E-state index contributed by atoms with van der Waals surface area (Å²) in [5.41, 5.74) is -0.724. The average Bonchev–Trinajstić information content (AvgIpc) is 2.49. The Morgan fingerprint density at radius 2 is 2.09 bits per heavy atom. The Morgan fingerprint density at radius 3 is 2.73 bits per heavy atom. The fourth-order valence-corrected chi connectivity index (χ4v) is 3.55. The minimum atomic E-state index is -1.07. The van der Waals surface area contributed by atoms with Crippen LogP contribution in [-0.2, 0) is 11.3 Å². The minimum absolute atomic E-state index is 0.0951. The summed E-state index contributed by atoms with van der Waals surface area (Å²) in [6.45, 7) is 4.54. The van der Waals surface area contributed by atoms with Crippen LogP contribution in [0.5, 0.6) is 0 Å². The Balaban J connectivity index is 1.62. The lowest BCUT2D eigenvalue weighted by Crippen LogP contribution is -2.64. The summed E-state index contributed by atoms with van der Waals surface area (Å²) in [6.07, 6.45) is 2.77. The number of piperidine rings is 1. The van der Waals surface area contributed by atoms with Crippen LogP contribution in [0.2, 0.25) is 0 Å². The van der Waals surface area contributed by atoms with Crippen molar-refractivity contribution in [2.45, 2.75) is 50.0 Å². The first-order valence-electron chi connectivity index (χ1n) is 7.86. The van der Waals surface area contributed by atoms with Gasteiger partial charge in [-0.05, 0) is 25.3 Å². The third-order valence-corrected chi connectivity index (χ3v) is 5.04. The molecular formula is C16H24N2O4. The first-order valence-corrected chi connectivity index (χ1v) is 7.86. The molecule has 0 radical (unpaired) electrons. The van der Waals surface area contributed by atoms with Crippen LogP contribution in [0, 0.1) is 0 Å². The maximum atomic E-state index is 11.1. The highest BCUT2D eigenvalue weighted by atomic mass is 16.5. The second kappa shape index (κ2) is 5.77. The SMILES string of the molecule is C[C@@]1(O)CCOC2(CCN(Cc3ccc(=O)[nH]c3)CC2)[C@H]1O. The number of aromatic nitrogens is 1. The van der Waals surface area contributed by atoms with Crippen molar-refractivity contribution in [1.29, 1.82) is 0 Å². The van der Waals surface area contributed by atoms with Crippen molar-refractivity contribution in [3.63, 3.8) is 0 Å². The molecule has 0 aromatic carbocycles. The van der Waals surface area contributed by atoms with Crippen LogP contribution < -0.4 is 5.56 Å². The van der Waals surface area contributed by atoms with E-state index in [-0.39, 0.29) is 5.56 Å². The predicted octanol–water partition coefficient (Wildman–Crippen LogP) is 0.242. The Hall–Kier alpha value is -1.21. The predicted molar refractivity (Wildman–Crippen MR) is 81.5 cm³/mol. The number of H-pyrrole nitrogens is 1. The molecule has 2 saturated heterocycles. The molecule has 2 aliphatic rings. The Morgan fingerprint density at radius 1 is 1.36 bits per heavy atom. The van der Waals surface area contributed by atoms with Crippen molar-refractivity contribution >= 4 is 0 Å². The van der Waals surface area contributed by atoms with E-state index in [2.05, 4.69) is 9.88 Å². The van der Waals surface area contributed by atoms with Crippen molar-refractivity contribution in [3.8, 4) is 0 Å². The van der Waals surface area contributed by atoms with E-state index in [0.29, 0.717) is 25.9 Å². The molecule has 0 amide bonds. The zero-order chi connectivity index (χ0) is 15.8. The molecule has 1 spiro atoms. The fraction of sp³-hybridized carbons (Fsp3) is 0.688. The van der Waals surface area contributed by atoms with E-state index in [1.165, 1.54) is 6.07 Å². The highest BCUT2D eigenvalue weighted by molar-refractivity contribution is 5.10. The van der Waals surface area contributed by atoms with Crippen molar-refractivity contribution in [1.82, 2.24) is 9.88 Å². The van der Waals surface area contributed by atoms with Gasteiger partial charge in [-0.2, -0.15) is 0 Å². The molecule has 2 atom stereocenters. The summed E-state index contributed by atoms with van der Waals surface area (Å²) in [5.74, 6) is 0. The van der Waals surface area contributed by atoms with Gasteiger partial charge in [0.05, 0.1) is 17.8 Å². The number of rotatable bonds is 2. The molecule has 6 nitrogen and oxygen atoms in total. The van der Waals surface area contributed by atoms with Crippen LogP contribution in [-0.4, -0.2) is 57.1 Å². The smallest absolute Gasteiger partial charge is 0.247 e. The molecule has 0 unspecified atom stereocenters. The first-order chi connectivity index (χ1) is 10.4. The second-order valence-electron chi connectivity index (χ2n) is 6.76. The number of aromatic amines is 1. The third kappa shape index (κ3) is 2.96. The van der Waals surface area contributed by atoms with E-state index in [9.17, 15) is 15.0 Å². The van der Waals surface area contributed by atoms with Crippen LogP contribution in [0.3, 0.4) is 0 Å². The molecule has 6 heteroatoms. The van der Waals surface area contributed by atoms with Gasteiger partial charge < -0.3 is 19.9 Å². The number of aliphatic hydroxyl groups is 2. The Labute approximate surface area is 129 Å². The quantitative estimate of drug-likeness (QED) is 0.729. The monoisotopic (exact) mass is 308 g/mol. The lowest BCUT2D eigenvalue weighted by molar-refractivity contribution is -0.246. The number of hydrogen-bond donors (Lipinski definition) is 3. The first kappa shape index (κ1) is 15.7. The molecular weight excluding hydrogens is 284 g/mol. The number of pyridine rings is 1. The van der Waals surface area contributed by atoms with Gasteiger partial charge in [0.2, 0.25) is 5.56 Å². The molecule has 3 rings (SSSR count). The largest absolute Gasteiger partial charge is 0.387 e. The van der Waals surface area contributed by atoms with Gasteiger partial charge >= 0.3 is 0 Å². The van der Waals surface area contributed by atoms with Gasteiger partial charge in [-0.25, -0.2) is 0 Å². The van der Waals surface area contributed by atoms with E-state index < -0.39 is 17.3 Å². The van der Waals surface area contributed by atoms with Gasteiger partial charge in [-0.3, -0.25) is 9.69 Å². The van der Waals surface area contributed by atoms with Crippen LogP contribution in [0.25, 0.3) is 0 Å². The van der Waals surface area contributed by atoms with Gasteiger partial charge in [-0.1, -0.05) is 6.07 Å². The molecule has 3 N–H and O–H groups in total. The summed E-state index contributed by atoms with van der Waals surface area (Å²) < 4.78 is 5.88. The van der Waals surface area contributed by atoms with E-state index in [1.807, 2.05) is 6.07 Å². The lowest BCUT2D eigenvalue weighted by Gasteiger charge is -2.51. The number of nitrogens with one attached hydrogen (secondary N) is 1. The number of aliphatic hydroxyl groups excluding tert-OH is 1. The maximum absolute atomic E-state index is 11.1. The van der Waals surface area contributed by atoms with Crippen molar-refractivity contribution in [2.24, 2.45) is 0 Å². The van der Waals surface area contributed by atoms with Crippen molar-refractivity contribution < 1.29 is 14.9 Å². The van der Waals surface area contributed by atoms with E-state index in [4.69, 9.17) is 4.74 Å². The molecule has 0 aliphatic carbocycles. The molecule has 0 bridgehead atoms. The zero-order valence-corrected chi connectivity index (χ0v) is 12.9. The van der Waals surface area contributed by atoms with Gasteiger partial charge in [0.25, 0.3) is 0 Å². The molecule has 2 aliphatic heterocycles. The third-order valence-electron chi connectivity index (χ3n) is 5.04. The Bertz CT molecular complexity index is 555. The lowest BCUT2D eigenvalue weighted by atomic mass is 9.75. The molecule has 0 saturated carbocycles. The summed E-state index contributed by atoms with van der Waals surface area (Å²) in [5, 5.41) is 20.8. The van der Waals surface area contributed by atoms with Gasteiger partial charge in [0.1, 0.15) is 6.10 Å². The van der Waals surface area contributed by atoms with Crippen molar-refractivity contribution in [3.05, 3.63) is 34.2 Å². The fourth-order valence-electron chi connectivity index (χ4n) is 3.55. The highest BCUT2D eigenvalue weighted by Gasteiger charge is 2.52. The van der Waals surface area contributed by atoms with Gasteiger partial charge in [0, 0.05) is 38.3 Å². The van der Waals surface area contributed by atoms with E-state index in [1.54, 1.807) is 13.1 Å². The maximum Gasteiger partial charge on any atom is 0.247 e. The summed E-state index contributed by atoms with van der Waals surface area (Å²) in [6, 6.07) is 3.37. The van der Waals surface area contributed by atoms with E-state index >= 15 is 0 Å². The highest BCUT2D eigenvalue weighted by Crippen LogP contribution is 2.39. The standard InChI is InChI=1S/C16H24N2O4/c1-15(21)6-9-22-16(14(15)20)4-7-18(8-5-16)11-12-2-3-13(19)17-10-12/h2-3,10,14,20-21H,4-9,11H2,1H3,(H,17,19)/t14-,15+/m0/s1. The van der Waals surface area contributed by atoms with Crippen LogP contribution >= 0.6 is 0 Å². The van der Waals surface area contributed by atoms with E-state index in [0.717, 1.165) is 25.2 Å². The topological polar surface area (TPSA) is 85.8 Å². The summed E-state index contributed by atoms with van der Waals surface area (Å²) >= 11 is 0. The number of hydrogen-bond acceptors (Lipinski definition) is 5. The van der Waals surface area contributed by atoms with Crippen LogP contribution in [0.1, 0.15) is 31.7 Å². The summed E-state index contributed by atoms with van der Waals surface area (Å²) in [7, 11) is 0. The summed E-state index contributed by atoms with van der Waals surface area (Å²) in [4.78, 5) is 16.0. The molecule has 3 heterocycles. The van der Waals surface area contributed by atoms with Crippen molar-refractivity contribution in [2.75, 3.05) is 19.7 Å². The normalized spacial score (nSPS) is 32.2. The van der Waals surface area contributed by atoms with Gasteiger partial charge in [-0.15, -0.1) is 0 Å². The number of likely N-dealkylation sites (tertiary alicyclic amines) is 1. The molecule has 1 aromatic heterocycles. The average molecular weight is 308 g/mol. The molecule has 2 fully saturated rings. The Kier molecular flexibility index (Phi) is 4.11. The van der Waals surface area contributed by atoms with Crippen LogP contribution in [0.15, 0.2) is 23.1 Å². The van der Waals surface area contributed by atoms with Gasteiger partial charge in [0.15, 0.2) is 0 Å². The minimum Gasteiger partial charge on any atom is -0.387 e. The molecule has 1 aromatic rings.